The SMILES string of the molecule is N#CC[C@]12C(=O)CCC[C@H]1N(Cc1ccccc1)c1ccccc12. The van der Waals surface area contributed by atoms with Crippen LogP contribution in [0.25, 0.3) is 0 Å². The summed E-state index contributed by atoms with van der Waals surface area (Å²) in [5.74, 6) is 0.239. The monoisotopic (exact) mass is 316 g/mol. The number of anilines is 1. The minimum Gasteiger partial charge on any atom is -0.363 e. The van der Waals surface area contributed by atoms with Crippen LogP contribution >= 0.6 is 0 Å². The Morgan fingerprint density at radius 3 is 2.67 bits per heavy atom. The van der Waals surface area contributed by atoms with E-state index in [1.807, 2.05) is 36.4 Å². The van der Waals surface area contributed by atoms with Gasteiger partial charge >= 0.3 is 0 Å². The highest BCUT2D eigenvalue weighted by Gasteiger charge is 2.56. The van der Waals surface area contributed by atoms with Crippen molar-refractivity contribution in [3.63, 3.8) is 0 Å². The van der Waals surface area contributed by atoms with Crippen LogP contribution in [0.2, 0.25) is 0 Å². The van der Waals surface area contributed by atoms with Gasteiger partial charge in [-0.3, -0.25) is 4.79 Å². The summed E-state index contributed by atoms with van der Waals surface area (Å²) in [7, 11) is 0. The molecule has 0 unspecified atom stereocenters. The molecule has 1 saturated carbocycles. The predicted octanol–water partition coefficient (Wildman–Crippen LogP) is 3.98. The number of para-hydroxylation sites is 1. The molecule has 120 valence electrons. The van der Waals surface area contributed by atoms with E-state index in [1.54, 1.807) is 0 Å². The van der Waals surface area contributed by atoms with Crippen LogP contribution in [0.15, 0.2) is 54.6 Å². The Bertz CT molecular complexity index is 808. The van der Waals surface area contributed by atoms with Crippen LogP contribution in [0, 0.1) is 11.3 Å². The number of carbonyl (C=O) groups excluding carboxylic acids is 1. The highest BCUT2D eigenvalue weighted by Crippen LogP contribution is 2.52. The summed E-state index contributed by atoms with van der Waals surface area (Å²) in [6.07, 6.45) is 2.75. The molecule has 0 bridgehead atoms. The average molecular weight is 316 g/mol. The number of nitriles is 1. The van der Waals surface area contributed by atoms with Crippen molar-refractivity contribution in [2.24, 2.45) is 0 Å². The van der Waals surface area contributed by atoms with Gasteiger partial charge in [-0.15, -0.1) is 0 Å². The second kappa shape index (κ2) is 5.79. The lowest BCUT2D eigenvalue weighted by Crippen LogP contribution is -2.52. The standard InChI is InChI=1S/C21H20N2O/c22-14-13-21-17-9-4-5-10-18(17)23(15-16-7-2-1-3-8-16)19(21)11-6-12-20(21)24/h1-5,7-10,19H,6,11-13,15H2/t19-,21-/m1/s1. The number of fused-ring (bicyclic) bond motifs is 3. The molecule has 2 atom stereocenters. The Hall–Kier alpha value is -2.60. The third-order valence-electron chi connectivity index (χ3n) is 5.57. The molecule has 24 heavy (non-hydrogen) atoms. The van der Waals surface area contributed by atoms with Crippen molar-refractivity contribution in [2.75, 3.05) is 4.90 Å². The lowest BCUT2D eigenvalue weighted by molar-refractivity contribution is -0.126. The Morgan fingerprint density at radius 1 is 1.12 bits per heavy atom. The summed E-state index contributed by atoms with van der Waals surface area (Å²) in [5.41, 5.74) is 2.77. The number of rotatable bonds is 3. The second-order valence-electron chi connectivity index (χ2n) is 6.77. The van der Waals surface area contributed by atoms with Crippen molar-refractivity contribution in [1.82, 2.24) is 0 Å². The maximum Gasteiger partial charge on any atom is 0.146 e. The number of benzene rings is 2. The van der Waals surface area contributed by atoms with Gasteiger partial charge in [0.15, 0.2) is 0 Å². The zero-order chi connectivity index (χ0) is 16.6. The van der Waals surface area contributed by atoms with E-state index in [0.29, 0.717) is 6.42 Å². The van der Waals surface area contributed by atoms with E-state index in [9.17, 15) is 10.1 Å². The van der Waals surface area contributed by atoms with Crippen molar-refractivity contribution in [3.8, 4) is 6.07 Å². The van der Waals surface area contributed by atoms with E-state index in [1.165, 1.54) is 5.56 Å². The molecule has 1 aliphatic carbocycles. The first kappa shape index (κ1) is 15.0. The van der Waals surface area contributed by atoms with Crippen LogP contribution in [-0.4, -0.2) is 11.8 Å². The highest BCUT2D eigenvalue weighted by molar-refractivity contribution is 5.96. The summed E-state index contributed by atoms with van der Waals surface area (Å²) in [5, 5.41) is 9.46. The highest BCUT2D eigenvalue weighted by atomic mass is 16.1. The third kappa shape index (κ3) is 2.06. The third-order valence-corrected chi connectivity index (χ3v) is 5.57. The molecule has 1 aliphatic heterocycles. The van der Waals surface area contributed by atoms with Gasteiger partial charge in [-0.25, -0.2) is 0 Å². The fourth-order valence-corrected chi connectivity index (χ4v) is 4.54. The smallest absolute Gasteiger partial charge is 0.146 e. The molecule has 2 aromatic rings. The van der Waals surface area contributed by atoms with Crippen molar-refractivity contribution < 1.29 is 4.79 Å². The average Bonchev–Trinajstić information content (AvgIpc) is 2.89. The van der Waals surface area contributed by atoms with Gasteiger partial charge in [0.05, 0.1) is 17.9 Å². The van der Waals surface area contributed by atoms with Crippen LogP contribution in [0.5, 0.6) is 0 Å². The largest absolute Gasteiger partial charge is 0.363 e. The Morgan fingerprint density at radius 2 is 1.88 bits per heavy atom. The van der Waals surface area contributed by atoms with Gasteiger partial charge in [-0.2, -0.15) is 5.26 Å². The number of Topliss-reactive ketones (excluding diaryl/α,β-unsaturated/α-hetero) is 1. The van der Waals surface area contributed by atoms with E-state index in [0.717, 1.165) is 30.6 Å². The summed E-state index contributed by atoms with van der Waals surface area (Å²) in [4.78, 5) is 15.3. The van der Waals surface area contributed by atoms with Crippen molar-refractivity contribution in [1.29, 1.82) is 5.26 Å². The molecule has 1 heterocycles. The van der Waals surface area contributed by atoms with E-state index in [2.05, 4.69) is 29.2 Å². The Labute approximate surface area is 142 Å². The maximum absolute atomic E-state index is 13.0. The molecule has 0 aromatic heterocycles. The first-order valence-electron chi connectivity index (χ1n) is 8.57. The van der Waals surface area contributed by atoms with Crippen LogP contribution in [-0.2, 0) is 16.8 Å². The number of hydrogen-bond acceptors (Lipinski definition) is 3. The van der Waals surface area contributed by atoms with E-state index < -0.39 is 5.41 Å². The van der Waals surface area contributed by atoms with Gasteiger partial charge in [0.25, 0.3) is 0 Å². The van der Waals surface area contributed by atoms with Gasteiger partial charge in [-0.1, -0.05) is 48.5 Å². The molecule has 0 spiro atoms. The fraction of sp³-hybridized carbons (Fsp3) is 0.333. The zero-order valence-corrected chi connectivity index (χ0v) is 13.6. The van der Waals surface area contributed by atoms with E-state index >= 15 is 0 Å². The molecule has 0 amide bonds. The Balaban J connectivity index is 1.84. The van der Waals surface area contributed by atoms with Crippen LogP contribution in [0.1, 0.15) is 36.8 Å². The number of hydrogen-bond donors (Lipinski definition) is 0. The summed E-state index contributed by atoms with van der Waals surface area (Å²) in [6.45, 7) is 0.781. The number of carbonyl (C=O) groups is 1. The van der Waals surface area contributed by atoms with E-state index in [-0.39, 0.29) is 18.2 Å². The van der Waals surface area contributed by atoms with E-state index in [4.69, 9.17) is 0 Å². The summed E-state index contributed by atoms with van der Waals surface area (Å²) < 4.78 is 0. The molecular formula is C21H20N2O. The molecule has 0 N–H and O–H groups in total. The lowest BCUT2D eigenvalue weighted by Gasteiger charge is -2.40. The quantitative estimate of drug-likeness (QED) is 0.860. The van der Waals surface area contributed by atoms with Gasteiger partial charge in [0.2, 0.25) is 0 Å². The van der Waals surface area contributed by atoms with Gasteiger partial charge < -0.3 is 4.90 Å². The summed E-state index contributed by atoms with van der Waals surface area (Å²) >= 11 is 0. The molecule has 3 heteroatoms. The van der Waals surface area contributed by atoms with Crippen molar-refractivity contribution >= 4 is 11.5 Å². The molecule has 0 radical (unpaired) electrons. The van der Waals surface area contributed by atoms with Crippen LogP contribution < -0.4 is 4.90 Å². The maximum atomic E-state index is 13.0. The van der Waals surface area contributed by atoms with Crippen LogP contribution in [0.4, 0.5) is 5.69 Å². The molecule has 0 saturated heterocycles. The molecule has 1 fully saturated rings. The topological polar surface area (TPSA) is 44.1 Å². The minimum atomic E-state index is -0.641. The molecule has 4 rings (SSSR count). The first-order chi connectivity index (χ1) is 11.8. The minimum absolute atomic E-state index is 0.0935. The van der Waals surface area contributed by atoms with Gasteiger partial charge in [0.1, 0.15) is 5.78 Å². The first-order valence-corrected chi connectivity index (χ1v) is 8.57. The molecule has 2 aromatic carbocycles. The van der Waals surface area contributed by atoms with Gasteiger partial charge in [-0.05, 0) is 30.0 Å². The fourth-order valence-electron chi connectivity index (χ4n) is 4.54. The normalized spacial score (nSPS) is 25.0. The molecular weight excluding hydrogens is 296 g/mol. The number of ketones is 1. The lowest BCUT2D eigenvalue weighted by atomic mass is 9.65. The van der Waals surface area contributed by atoms with Crippen molar-refractivity contribution in [2.45, 2.75) is 43.7 Å². The predicted molar refractivity (Wildman–Crippen MR) is 93.6 cm³/mol. The molecule has 2 aliphatic rings. The Kier molecular flexibility index (Phi) is 3.61. The number of nitrogens with zero attached hydrogens (tertiary/aromatic N) is 2. The second-order valence-corrected chi connectivity index (χ2v) is 6.77. The summed E-state index contributed by atoms with van der Waals surface area (Å²) in [6, 6.07) is 20.9. The molecule has 3 nitrogen and oxygen atoms in total. The van der Waals surface area contributed by atoms with Crippen molar-refractivity contribution in [3.05, 3.63) is 65.7 Å². The zero-order valence-electron chi connectivity index (χ0n) is 13.6. The van der Waals surface area contributed by atoms with Crippen LogP contribution in [0.3, 0.4) is 0 Å². The van der Waals surface area contributed by atoms with Gasteiger partial charge in [0, 0.05) is 24.7 Å².